The fourth-order valence-electron chi connectivity index (χ4n) is 4.86. The minimum atomic E-state index is -3.56. The molecule has 2 saturated carbocycles. The summed E-state index contributed by atoms with van der Waals surface area (Å²) in [5.74, 6) is -1.76. The Labute approximate surface area is 156 Å². The van der Waals surface area contributed by atoms with Crippen molar-refractivity contribution in [3.63, 3.8) is 0 Å². The number of amides is 1. The summed E-state index contributed by atoms with van der Waals surface area (Å²) in [6, 6.07) is 0. The molecular formula is C19H31NO5S. The van der Waals surface area contributed by atoms with Gasteiger partial charge in [0.05, 0.1) is 11.2 Å². The highest BCUT2D eigenvalue weighted by Gasteiger charge is 2.50. The molecule has 0 aromatic carbocycles. The SMILES string of the molecule is CC(C)C(C(=O)N1C[C@H](C(=O)O)[C@@H](C2CC2)C1)S(=O)(=O)C1CCCCC1. The second-order valence-corrected chi connectivity index (χ2v) is 11.1. The number of hydrogen-bond donors (Lipinski definition) is 1. The predicted octanol–water partition coefficient (Wildman–Crippen LogP) is 2.33. The fraction of sp³-hybridized carbons (Fsp3) is 0.895. The lowest BCUT2D eigenvalue weighted by Crippen LogP contribution is -2.48. The van der Waals surface area contributed by atoms with Crippen LogP contribution in [0.15, 0.2) is 0 Å². The molecule has 3 aliphatic rings. The molecule has 148 valence electrons. The number of hydrogen-bond acceptors (Lipinski definition) is 4. The number of carboxylic acid groups (broad SMARTS) is 1. The molecule has 1 saturated heterocycles. The number of aliphatic carboxylic acids is 1. The monoisotopic (exact) mass is 385 g/mol. The lowest BCUT2D eigenvalue weighted by molar-refractivity contribution is -0.142. The normalized spacial score (nSPS) is 29.1. The first-order chi connectivity index (χ1) is 12.2. The molecule has 1 amide bonds. The molecule has 3 fully saturated rings. The second-order valence-electron chi connectivity index (χ2n) is 8.70. The molecule has 1 aliphatic heterocycles. The van der Waals surface area contributed by atoms with Crippen LogP contribution in [-0.4, -0.2) is 53.9 Å². The van der Waals surface area contributed by atoms with Gasteiger partial charge in [0.2, 0.25) is 5.91 Å². The van der Waals surface area contributed by atoms with Crippen molar-refractivity contribution < 1.29 is 23.1 Å². The van der Waals surface area contributed by atoms with Gasteiger partial charge in [0.1, 0.15) is 5.25 Å². The van der Waals surface area contributed by atoms with E-state index >= 15 is 0 Å². The third kappa shape index (κ3) is 3.78. The van der Waals surface area contributed by atoms with Gasteiger partial charge in [-0.05, 0) is 43.4 Å². The maximum atomic E-state index is 13.2. The lowest BCUT2D eigenvalue weighted by atomic mass is 9.92. The van der Waals surface area contributed by atoms with Gasteiger partial charge in [0.25, 0.3) is 0 Å². The Morgan fingerprint density at radius 1 is 1.00 bits per heavy atom. The van der Waals surface area contributed by atoms with Crippen LogP contribution >= 0.6 is 0 Å². The first-order valence-corrected chi connectivity index (χ1v) is 11.6. The Bertz CT molecular complexity index is 649. The Hall–Kier alpha value is -1.11. The number of carbonyl (C=O) groups is 2. The molecule has 1 unspecified atom stereocenters. The van der Waals surface area contributed by atoms with Gasteiger partial charge in [0.15, 0.2) is 9.84 Å². The molecule has 26 heavy (non-hydrogen) atoms. The number of nitrogens with zero attached hydrogens (tertiary/aromatic N) is 1. The average Bonchev–Trinajstić information content (AvgIpc) is 3.32. The van der Waals surface area contributed by atoms with Crippen LogP contribution in [-0.2, 0) is 19.4 Å². The standard InChI is InChI=1S/C19H31NO5S/c1-12(2)17(26(24,25)14-6-4-3-5-7-14)18(21)20-10-15(13-8-9-13)16(11-20)19(22)23/h12-17H,3-11H2,1-2H3,(H,22,23)/t15-,16+,17?/m1/s1. The average molecular weight is 386 g/mol. The molecule has 2 aliphatic carbocycles. The van der Waals surface area contributed by atoms with E-state index in [1.807, 2.05) is 0 Å². The summed E-state index contributed by atoms with van der Waals surface area (Å²) in [6.07, 6.45) is 6.17. The van der Waals surface area contributed by atoms with Crippen LogP contribution in [0.25, 0.3) is 0 Å². The zero-order valence-corrected chi connectivity index (χ0v) is 16.6. The molecule has 3 rings (SSSR count). The number of sulfone groups is 1. The van der Waals surface area contributed by atoms with Crippen LogP contribution in [0.4, 0.5) is 0 Å². The molecule has 6 nitrogen and oxygen atoms in total. The fourth-order valence-corrected chi connectivity index (χ4v) is 7.45. The van der Waals surface area contributed by atoms with Crippen LogP contribution in [0.1, 0.15) is 58.8 Å². The van der Waals surface area contributed by atoms with Crippen LogP contribution < -0.4 is 0 Å². The quantitative estimate of drug-likeness (QED) is 0.758. The molecule has 0 bridgehead atoms. The highest BCUT2D eigenvalue weighted by atomic mass is 32.2. The number of carboxylic acids is 1. The Kier molecular flexibility index (Phi) is 5.66. The smallest absolute Gasteiger partial charge is 0.308 e. The van der Waals surface area contributed by atoms with Crippen LogP contribution in [0.2, 0.25) is 0 Å². The van der Waals surface area contributed by atoms with Gasteiger partial charge in [-0.1, -0.05) is 33.1 Å². The Morgan fingerprint density at radius 2 is 1.62 bits per heavy atom. The predicted molar refractivity (Wildman–Crippen MR) is 98.3 cm³/mol. The van der Waals surface area contributed by atoms with Crippen LogP contribution in [0.5, 0.6) is 0 Å². The van der Waals surface area contributed by atoms with E-state index in [0.717, 1.165) is 32.1 Å². The number of carbonyl (C=O) groups excluding carboxylic acids is 1. The van der Waals surface area contributed by atoms with E-state index in [9.17, 15) is 23.1 Å². The summed E-state index contributed by atoms with van der Waals surface area (Å²) < 4.78 is 26.4. The summed E-state index contributed by atoms with van der Waals surface area (Å²) in [5, 5.41) is 8.05. The van der Waals surface area contributed by atoms with Gasteiger partial charge >= 0.3 is 5.97 Å². The van der Waals surface area contributed by atoms with Crippen molar-refractivity contribution in [1.82, 2.24) is 4.90 Å². The minimum Gasteiger partial charge on any atom is -0.481 e. The van der Waals surface area contributed by atoms with Crippen molar-refractivity contribution in [2.75, 3.05) is 13.1 Å². The molecular weight excluding hydrogens is 354 g/mol. The van der Waals surface area contributed by atoms with E-state index < -0.39 is 32.2 Å². The van der Waals surface area contributed by atoms with E-state index in [4.69, 9.17) is 0 Å². The molecule has 1 N–H and O–H groups in total. The maximum Gasteiger partial charge on any atom is 0.308 e. The summed E-state index contributed by atoms with van der Waals surface area (Å²) in [6.45, 7) is 4.11. The van der Waals surface area contributed by atoms with Gasteiger partial charge in [-0.3, -0.25) is 9.59 Å². The van der Waals surface area contributed by atoms with E-state index in [1.54, 1.807) is 13.8 Å². The van der Waals surface area contributed by atoms with Crippen molar-refractivity contribution in [3.8, 4) is 0 Å². The van der Waals surface area contributed by atoms with Crippen molar-refractivity contribution in [1.29, 1.82) is 0 Å². The lowest BCUT2D eigenvalue weighted by Gasteiger charge is -2.31. The zero-order chi connectivity index (χ0) is 19.1. The Morgan fingerprint density at radius 3 is 2.12 bits per heavy atom. The van der Waals surface area contributed by atoms with E-state index in [1.165, 1.54) is 4.90 Å². The summed E-state index contributed by atoms with van der Waals surface area (Å²) in [5.41, 5.74) is 0. The largest absolute Gasteiger partial charge is 0.481 e. The first-order valence-electron chi connectivity index (χ1n) is 9.97. The Balaban J connectivity index is 1.79. The molecule has 0 radical (unpaired) electrons. The van der Waals surface area contributed by atoms with Crippen LogP contribution in [0, 0.1) is 23.7 Å². The van der Waals surface area contributed by atoms with Gasteiger partial charge in [0, 0.05) is 13.1 Å². The van der Waals surface area contributed by atoms with Crippen molar-refractivity contribution in [2.45, 2.75) is 69.3 Å². The van der Waals surface area contributed by atoms with Crippen molar-refractivity contribution >= 4 is 21.7 Å². The third-order valence-corrected chi connectivity index (χ3v) is 9.30. The third-order valence-electron chi connectivity index (χ3n) is 6.44. The van der Waals surface area contributed by atoms with Gasteiger partial charge in [-0.2, -0.15) is 0 Å². The summed E-state index contributed by atoms with van der Waals surface area (Å²) in [4.78, 5) is 26.3. The molecule has 0 aromatic rings. The minimum absolute atomic E-state index is 0.0263. The van der Waals surface area contributed by atoms with E-state index in [2.05, 4.69) is 0 Å². The number of rotatable bonds is 6. The molecule has 0 spiro atoms. The maximum absolute atomic E-state index is 13.2. The van der Waals surface area contributed by atoms with E-state index in [0.29, 0.717) is 25.3 Å². The second kappa shape index (κ2) is 7.49. The molecule has 7 heteroatoms. The highest BCUT2D eigenvalue weighted by molar-refractivity contribution is 7.93. The van der Waals surface area contributed by atoms with Gasteiger partial charge in [-0.15, -0.1) is 0 Å². The first kappa shape index (κ1) is 19.6. The molecule has 0 aromatic heterocycles. The van der Waals surface area contributed by atoms with Gasteiger partial charge in [-0.25, -0.2) is 8.42 Å². The molecule has 1 heterocycles. The molecule has 3 atom stereocenters. The summed E-state index contributed by atoms with van der Waals surface area (Å²) >= 11 is 0. The highest BCUT2D eigenvalue weighted by Crippen LogP contribution is 2.44. The zero-order valence-electron chi connectivity index (χ0n) is 15.8. The summed E-state index contributed by atoms with van der Waals surface area (Å²) in [7, 11) is -3.56. The van der Waals surface area contributed by atoms with Gasteiger partial charge < -0.3 is 10.0 Å². The number of likely N-dealkylation sites (tertiary alicyclic amines) is 1. The van der Waals surface area contributed by atoms with Crippen molar-refractivity contribution in [2.24, 2.45) is 23.7 Å². The van der Waals surface area contributed by atoms with Crippen molar-refractivity contribution in [3.05, 3.63) is 0 Å². The topological polar surface area (TPSA) is 91.8 Å². The van der Waals surface area contributed by atoms with E-state index in [-0.39, 0.29) is 24.3 Å². The van der Waals surface area contributed by atoms with Crippen LogP contribution in [0.3, 0.4) is 0 Å².